The predicted octanol–water partition coefficient (Wildman–Crippen LogP) is 3.09. The molecule has 0 radical (unpaired) electrons. The van der Waals surface area contributed by atoms with Gasteiger partial charge in [-0.05, 0) is 31.6 Å². The summed E-state index contributed by atoms with van der Waals surface area (Å²) in [6.07, 6.45) is 11.1. The molecule has 1 saturated heterocycles. The van der Waals surface area contributed by atoms with E-state index in [1.54, 1.807) is 18.6 Å². The van der Waals surface area contributed by atoms with Gasteiger partial charge in [-0.2, -0.15) is 4.98 Å². The second-order valence-electron chi connectivity index (χ2n) is 8.38. The molecular formula is C22H31N5O3. The molecule has 0 atom stereocenters. The van der Waals surface area contributed by atoms with E-state index in [0.29, 0.717) is 29.9 Å². The lowest BCUT2D eigenvalue weighted by Crippen LogP contribution is -2.38. The molecule has 1 amide bonds. The Kier molecular flexibility index (Phi) is 6.62. The first-order valence-electron chi connectivity index (χ1n) is 11.0. The van der Waals surface area contributed by atoms with Crippen LogP contribution in [0.2, 0.25) is 0 Å². The van der Waals surface area contributed by atoms with Crippen LogP contribution in [0.15, 0.2) is 18.6 Å². The molecule has 3 heterocycles. The predicted molar refractivity (Wildman–Crippen MR) is 112 cm³/mol. The summed E-state index contributed by atoms with van der Waals surface area (Å²) >= 11 is 0. The molecule has 8 heteroatoms. The maximum absolute atomic E-state index is 13.2. The summed E-state index contributed by atoms with van der Waals surface area (Å²) in [5, 5.41) is 0. The average molecular weight is 414 g/mol. The topological polar surface area (TPSA) is 82.4 Å². The Bertz CT molecular complexity index is 856. The van der Waals surface area contributed by atoms with Gasteiger partial charge in [-0.25, -0.2) is 9.97 Å². The lowest BCUT2D eigenvalue weighted by atomic mass is 9.94. The highest BCUT2D eigenvalue weighted by molar-refractivity contribution is 5.93. The van der Waals surface area contributed by atoms with Gasteiger partial charge in [-0.3, -0.25) is 4.79 Å². The highest BCUT2D eigenvalue weighted by atomic mass is 16.5. The molecule has 2 aromatic rings. The lowest BCUT2D eigenvalue weighted by Gasteiger charge is -2.31. The van der Waals surface area contributed by atoms with E-state index in [4.69, 9.17) is 9.47 Å². The van der Waals surface area contributed by atoms with E-state index < -0.39 is 0 Å². The van der Waals surface area contributed by atoms with Crippen LogP contribution in [0.1, 0.15) is 55.4 Å². The van der Waals surface area contributed by atoms with E-state index in [0.717, 1.165) is 44.6 Å². The van der Waals surface area contributed by atoms with Crippen molar-refractivity contribution in [1.82, 2.24) is 24.4 Å². The molecule has 8 nitrogen and oxygen atoms in total. The number of hydrogen-bond acceptors (Lipinski definition) is 6. The number of carbonyl (C=O) groups excluding carboxylic acids is 1. The van der Waals surface area contributed by atoms with Crippen LogP contribution in [-0.2, 0) is 11.8 Å². The number of ether oxygens (including phenoxy) is 2. The molecule has 0 spiro atoms. The Morgan fingerprint density at radius 2 is 1.97 bits per heavy atom. The fraction of sp³-hybridized carbons (Fsp3) is 0.636. The number of imidazole rings is 1. The van der Waals surface area contributed by atoms with Crippen molar-refractivity contribution in [2.75, 3.05) is 26.9 Å². The van der Waals surface area contributed by atoms with Crippen LogP contribution >= 0.6 is 0 Å². The number of hydrogen-bond donors (Lipinski definition) is 0. The second kappa shape index (κ2) is 9.55. The highest BCUT2D eigenvalue weighted by Gasteiger charge is 2.25. The highest BCUT2D eigenvalue weighted by Crippen LogP contribution is 2.25. The number of aromatic nitrogens is 4. The first-order valence-corrected chi connectivity index (χ1v) is 11.0. The normalized spacial score (nSPS) is 18.3. The third kappa shape index (κ3) is 4.80. The molecule has 0 unspecified atom stereocenters. The van der Waals surface area contributed by atoms with Gasteiger partial charge in [0.25, 0.3) is 5.91 Å². The standard InChI is InChI=1S/C22H31N5O3/c1-26-15-23-13-19(26)21-24-18(22(28)27(2)17-6-4-3-5-7-17)12-20(25-21)30-14-16-8-10-29-11-9-16/h12-13,15-17H,3-11,14H2,1-2H3. The van der Waals surface area contributed by atoms with Crippen LogP contribution in [0.3, 0.4) is 0 Å². The van der Waals surface area contributed by atoms with Crippen LogP contribution in [0.25, 0.3) is 11.5 Å². The molecule has 30 heavy (non-hydrogen) atoms. The summed E-state index contributed by atoms with van der Waals surface area (Å²) in [5.41, 5.74) is 1.12. The van der Waals surface area contributed by atoms with E-state index in [1.807, 2.05) is 23.6 Å². The molecule has 2 fully saturated rings. The number of aryl methyl sites for hydroxylation is 1. The van der Waals surface area contributed by atoms with Crippen molar-refractivity contribution in [1.29, 1.82) is 0 Å². The molecule has 1 aliphatic carbocycles. The van der Waals surface area contributed by atoms with E-state index in [-0.39, 0.29) is 11.9 Å². The number of rotatable bonds is 6. The zero-order valence-electron chi connectivity index (χ0n) is 17.9. The lowest BCUT2D eigenvalue weighted by molar-refractivity contribution is 0.0490. The van der Waals surface area contributed by atoms with Gasteiger partial charge in [0.05, 0.1) is 19.1 Å². The van der Waals surface area contributed by atoms with Gasteiger partial charge in [-0.15, -0.1) is 0 Å². The molecule has 0 N–H and O–H groups in total. The smallest absolute Gasteiger partial charge is 0.272 e. The number of amides is 1. The zero-order chi connectivity index (χ0) is 20.9. The third-order valence-electron chi connectivity index (χ3n) is 6.22. The van der Waals surface area contributed by atoms with E-state index in [9.17, 15) is 4.79 Å². The van der Waals surface area contributed by atoms with Crippen molar-refractivity contribution in [2.45, 2.75) is 51.0 Å². The van der Waals surface area contributed by atoms with E-state index >= 15 is 0 Å². The summed E-state index contributed by atoms with van der Waals surface area (Å²) in [4.78, 5) is 28.4. The largest absolute Gasteiger partial charge is 0.477 e. The molecule has 2 aliphatic rings. The van der Waals surface area contributed by atoms with E-state index in [1.165, 1.54) is 19.3 Å². The minimum Gasteiger partial charge on any atom is -0.477 e. The Hall–Kier alpha value is -2.48. The molecular weight excluding hydrogens is 382 g/mol. The Balaban J connectivity index is 1.57. The van der Waals surface area contributed by atoms with Gasteiger partial charge in [0.15, 0.2) is 5.82 Å². The fourth-order valence-electron chi connectivity index (χ4n) is 4.23. The quantitative estimate of drug-likeness (QED) is 0.724. The number of carbonyl (C=O) groups is 1. The third-order valence-corrected chi connectivity index (χ3v) is 6.22. The van der Waals surface area contributed by atoms with Crippen molar-refractivity contribution >= 4 is 5.91 Å². The molecule has 2 aromatic heterocycles. The van der Waals surface area contributed by atoms with Crippen molar-refractivity contribution in [3.8, 4) is 17.4 Å². The molecule has 162 valence electrons. The maximum Gasteiger partial charge on any atom is 0.272 e. The van der Waals surface area contributed by atoms with Gasteiger partial charge in [0, 0.05) is 39.4 Å². The summed E-state index contributed by atoms with van der Waals surface area (Å²) in [6.45, 7) is 2.11. The summed E-state index contributed by atoms with van der Waals surface area (Å²) < 4.78 is 13.3. The summed E-state index contributed by atoms with van der Waals surface area (Å²) in [5.74, 6) is 1.26. The SMILES string of the molecule is CN(C(=O)c1cc(OCC2CCOCC2)nc(-c2cncn2C)n1)C1CCCCC1. The Labute approximate surface area is 177 Å². The van der Waals surface area contributed by atoms with Crippen LogP contribution in [0, 0.1) is 5.92 Å². The van der Waals surface area contributed by atoms with Gasteiger partial charge in [0.1, 0.15) is 11.4 Å². The van der Waals surface area contributed by atoms with Gasteiger partial charge >= 0.3 is 0 Å². The second-order valence-corrected chi connectivity index (χ2v) is 8.38. The van der Waals surface area contributed by atoms with Crippen molar-refractivity contribution < 1.29 is 14.3 Å². The Morgan fingerprint density at radius 1 is 1.20 bits per heavy atom. The Morgan fingerprint density at radius 3 is 2.67 bits per heavy atom. The minimum atomic E-state index is -0.0800. The average Bonchev–Trinajstić information content (AvgIpc) is 3.23. The minimum absolute atomic E-state index is 0.0800. The van der Waals surface area contributed by atoms with Crippen LogP contribution in [0.5, 0.6) is 5.88 Å². The first-order chi connectivity index (χ1) is 14.6. The molecule has 1 aliphatic heterocycles. The van der Waals surface area contributed by atoms with Crippen LogP contribution < -0.4 is 4.74 Å². The van der Waals surface area contributed by atoms with E-state index in [2.05, 4.69) is 15.0 Å². The van der Waals surface area contributed by atoms with Gasteiger partial charge < -0.3 is 18.9 Å². The molecule has 0 aromatic carbocycles. The first kappa shape index (κ1) is 20.8. The van der Waals surface area contributed by atoms with Gasteiger partial charge in [0.2, 0.25) is 5.88 Å². The maximum atomic E-state index is 13.2. The zero-order valence-corrected chi connectivity index (χ0v) is 17.9. The summed E-state index contributed by atoms with van der Waals surface area (Å²) in [6, 6.07) is 1.95. The van der Waals surface area contributed by atoms with Crippen LogP contribution in [-0.4, -0.2) is 63.2 Å². The molecule has 4 rings (SSSR count). The van der Waals surface area contributed by atoms with Crippen molar-refractivity contribution in [3.05, 3.63) is 24.3 Å². The monoisotopic (exact) mass is 413 g/mol. The molecule has 1 saturated carbocycles. The summed E-state index contributed by atoms with van der Waals surface area (Å²) in [7, 11) is 3.77. The van der Waals surface area contributed by atoms with Crippen LogP contribution in [0.4, 0.5) is 0 Å². The van der Waals surface area contributed by atoms with Crippen molar-refractivity contribution in [2.24, 2.45) is 13.0 Å². The number of nitrogens with zero attached hydrogens (tertiary/aromatic N) is 5. The fourth-order valence-corrected chi connectivity index (χ4v) is 4.23. The molecule has 0 bridgehead atoms. The van der Waals surface area contributed by atoms with Gasteiger partial charge in [-0.1, -0.05) is 19.3 Å². The van der Waals surface area contributed by atoms with Crippen molar-refractivity contribution in [3.63, 3.8) is 0 Å².